The molecule has 0 aliphatic carbocycles. The van der Waals surface area contributed by atoms with Crippen molar-refractivity contribution < 1.29 is 28.6 Å². The molecule has 0 radical (unpaired) electrons. The Kier molecular flexibility index (Phi) is 3.62. The highest BCUT2D eigenvalue weighted by molar-refractivity contribution is 7.60. The molecule has 0 atom stereocenters. The maximum Gasteiger partial charge on any atom is 0.356 e. The Balaban J connectivity index is 1.79. The number of amides is 1. The predicted molar refractivity (Wildman–Crippen MR) is 78.8 cm³/mol. The molecular formula is C14H12NO6P. The molecule has 0 saturated heterocycles. The largest absolute Gasteiger partial charge is 0.481 e. The van der Waals surface area contributed by atoms with E-state index in [1.807, 2.05) is 0 Å². The summed E-state index contributed by atoms with van der Waals surface area (Å²) in [6.07, 6.45) is 0. The third kappa shape index (κ3) is 3.12. The van der Waals surface area contributed by atoms with Crippen molar-refractivity contribution in [2.24, 2.45) is 0 Å². The van der Waals surface area contributed by atoms with Gasteiger partial charge in [-0.05, 0) is 36.4 Å². The zero-order valence-corrected chi connectivity index (χ0v) is 12.1. The van der Waals surface area contributed by atoms with Crippen LogP contribution in [0.15, 0.2) is 42.5 Å². The van der Waals surface area contributed by atoms with E-state index in [1.54, 1.807) is 18.2 Å². The van der Waals surface area contributed by atoms with Gasteiger partial charge in [0, 0.05) is 6.07 Å². The minimum absolute atomic E-state index is 0.0482. The highest BCUT2D eigenvalue weighted by Crippen LogP contribution is 2.35. The van der Waals surface area contributed by atoms with Gasteiger partial charge in [0.25, 0.3) is 5.91 Å². The van der Waals surface area contributed by atoms with Gasteiger partial charge in [-0.2, -0.15) is 0 Å². The van der Waals surface area contributed by atoms with Crippen LogP contribution in [0, 0.1) is 0 Å². The van der Waals surface area contributed by atoms with Crippen molar-refractivity contribution >= 4 is 24.5 Å². The van der Waals surface area contributed by atoms with Gasteiger partial charge in [-0.25, -0.2) is 0 Å². The van der Waals surface area contributed by atoms with Gasteiger partial charge in [-0.3, -0.25) is 9.36 Å². The monoisotopic (exact) mass is 321 g/mol. The average molecular weight is 321 g/mol. The quantitative estimate of drug-likeness (QED) is 0.742. The molecular weight excluding hydrogens is 309 g/mol. The lowest BCUT2D eigenvalue weighted by Gasteiger charge is -2.18. The van der Waals surface area contributed by atoms with Crippen LogP contribution in [0.5, 0.6) is 17.2 Å². The van der Waals surface area contributed by atoms with E-state index in [-0.39, 0.29) is 17.8 Å². The van der Waals surface area contributed by atoms with Crippen LogP contribution in [-0.4, -0.2) is 22.3 Å². The van der Waals surface area contributed by atoms with Crippen LogP contribution in [-0.2, 0) is 9.36 Å². The number of anilines is 1. The number of rotatable bonds is 3. The highest BCUT2D eigenvalue weighted by Gasteiger charge is 2.18. The van der Waals surface area contributed by atoms with Crippen molar-refractivity contribution in [1.29, 1.82) is 0 Å². The first-order valence-electron chi connectivity index (χ1n) is 6.32. The van der Waals surface area contributed by atoms with Gasteiger partial charge in [0.1, 0.15) is 17.2 Å². The first-order valence-corrected chi connectivity index (χ1v) is 7.94. The summed E-state index contributed by atoms with van der Waals surface area (Å²) in [6.45, 7) is -0.0482. The predicted octanol–water partition coefficient (Wildman–Crippen LogP) is 1.61. The van der Waals surface area contributed by atoms with Gasteiger partial charge in [0.2, 0.25) is 0 Å². The maximum atomic E-state index is 11.2. The summed E-state index contributed by atoms with van der Waals surface area (Å²) in [5, 5.41) is 2.60. The summed E-state index contributed by atoms with van der Waals surface area (Å²) >= 11 is 0. The van der Waals surface area contributed by atoms with Gasteiger partial charge in [-0.15, -0.1) is 0 Å². The molecule has 0 spiro atoms. The zero-order chi connectivity index (χ0) is 15.7. The van der Waals surface area contributed by atoms with Crippen molar-refractivity contribution in [2.75, 3.05) is 11.9 Å². The molecule has 7 nitrogen and oxygen atoms in total. The molecule has 1 heterocycles. The molecule has 0 saturated carbocycles. The van der Waals surface area contributed by atoms with E-state index in [0.717, 1.165) is 0 Å². The minimum atomic E-state index is -4.26. The average Bonchev–Trinajstić information content (AvgIpc) is 2.47. The SMILES string of the molecule is O=C1COc2cc(Oc3ccc(P(=O)(O)O)cc3)ccc2N1. The molecule has 1 amide bonds. The molecule has 8 heteroatoms. The summed E-state index contributed by atoms with van der Waals surface area (Å²) in [7, 11) is -4.26. The molecule has 2 aromatic carbocycles. The van der Waals surface area contributed by atoms with Crippen LogP contribution >= 0.6 is 7.60 Å². The second-order valence-electron chi connectivity index (χ2n) is 4.63. The second-order valence-corrected chi connectivity index (χ2v) is 6.24. The van der Waals surface area contributed by atoms with Crippen LogP contribution in [0.2, 0.25) is 0 Å². The van der Waals surface area contributed by atoms with E-state index in [4.69, 9.17) is 19.3 Å². The van der Waals surface area contributed by atoms with Gasteiger partial charge < -0.3 is 24.6 Å². The maximum absolute atomic E-state index is 11.2. The fraction of sp³-hybridized carbons (Fsp3) is 0.0714. The Morgan fingerprint density at radius 1 is 1.09 bits per heavy atom. The number of benzene rings is 2. The Labute approximate surface area is 125 Å². The van der Waals surface area contributed by atoms with E-state index in [0.29, 0.717) is 22.9 Å². The van der Waals surface area contributed by atoms with Gasteiger partial charge in [-0.1, -0.05) is 0 Å². The fourth-order valence-corrected chi connectivity index (χ4v) is 2.50. The molecule has 22 heavy (non-hydrogen) atoms. The van der Waals surface area contributed by atoms with Crippen molar-refractivity contribution in [3.63, 3.8) is 0 Å². The van der Waals surface area contributed by atoms with E-state index in [9.17, 15) is 9.36 Å². The summed E-state index contributed by atoms with van der Waals surface area (Å²) in [4.78, 5) is 29.3. The van der Waals surface area contributed by atoms with Gasteiger partial charge in [0.05, 0.1) is 11.0 Å². The Hall–Kier alpha value is -2.34. The Morgan fingerprint density at radius 2 is 1.77 bits per heavy atom. The number of hydrogen-bond acceptors (Lipinski definition) is 4. The molecule has 0 bridgehead atoms. The first-order chi connectivity index (χ1) is 10.4. The molecule has 0 fully saturated rings. The molecule has 1 aliphatic rings. The number of hydrogen-bond donors (Lipinski definition) is 3. The number of ether oxygens (including phenoxy) is 2. The van der Waals surface area contributed by atoms with Crippen molar-refractivity contribution in [3.8, 4) is 17.2 Å². The number of fused-ring (bicyclic) bond motifs is 1. The molecule has 0 unspecified atom stereocenters. The summed E-state index contributed by atoms with van der Waals surface area (Å²) in [6, 6.07) is 10.5. The third-order valence-corrected chi connectivity index (χ3v) is 3.97. The standard InChI is InChI=1S/C14H12NO6P/c16-14-8-20-13-7-10(3-6-12(13)15-14)21-9-1-4-11(5-2-9)22(17,18)19/h1-7H,8H2,(H,15,16)(H2,17,18,19). The van der Waals surface area contributed by atoms with E-state index in [1.165, 1.54) is 24.3 Å². The first kappa shape index (κ1) is 14.6. The normalized spacial score (nSPS) is 13.8. The molecule has 3 rings (SSSR count). The summed E-state index contributed by atoms with van der Waals surface area (Å²) < 4.78 is 22.0. The fourth-order valence-electron chi connectivity index (χ4n) is 1.96. The third-order valence-electron chi connectivity index (χ3n) is 2.99. The lowest BCUT2D eigenvalue weighted by molar-refractivity contribution is -0.118. The second kappa shape index (κ2) is 5.46. The topological polar surface area (TPSA) is 105 Å². The van der Waals surface area contributed by atoms with Crippen molar-refractivity contribution in [2.45, 2.75) is 0 Å². The molecule has 2 aromatic rings. The Bertz CT molecular complexity index is 767. The molecule has 1 aliphatic heterocycles. The molecule has 0 aromatic heterocycles. The van der Waals surface area contributed by atoms with Crippen LogP contribution < -0.4 is 20.1 Å². The zero-order valence-electron chi connectivity index (χ0n) is 11.2. The lowest BCUT2D eigenvalue weighted by atomic mass is 10.2. The minimum Gasteiger partial charge on any atom is -0.481 e. The summed E-state index contributed by atoms with van der Waals surface area (Å²) in [5.74, 6) is 1.20. The molecule has 114 valence electrons. The smallest absolute Gasteiger partial charge is 0.356 e. The van der Waals surface area contributed by atoms with E-state index < -0.39 is 7.60 Å². The van der Waals surface area contributed by atoms with Crippen LogP contribution in [0.4, 0.5) is 5.69 Å². The van der Waals surface area contributed by atoms with Crippen LogP contribution in [0.25, 0.3) is 0 Å². The van der Waals surface area contributed by atoms with Crippen molar-refractivity contribution in [1.82, 2.24) is 0 Å². The summed E-state index contributed by atoms with van der Waals surface area (Å²) in [5.41, 5.74) is 0.570. The van der Waals surface area contributed by atoms with E-state index in [2.05, 4.69) is 5.32 Å². The highest BCUT2D eigenvalue weighted by atomic mass is 31.2. The van der Waals surface area contributed by atoms with Gasteiger partial charge >= 0.3 is 7.60 Å². The molecule has 3 N–H and O–H groups in total. The van der Waals surface area contributed by atoms with Crippen molar-refractivity contribution in [3.05, 3.63) is 42.5 Å². The number of carbonyl (C=O) groups is 1. The van der Waals surface area contributed by atoms with E-state index >= 15 is 0 Å². The number of nitrogens with one attached hydrogen (secondary N) is 1. The number of carbonyl (C=O) groups excluding carboxylic acids is 1. The van der Waals surface area contributed by atoms with Gasteiger partial charge in [0.15, 0.2) is 6.61 Å². The Morgan fingerprint density at radius 3 is 2.45 bits per heavy atom. The van der Waals surface area contributed by atoms with Crippen LogP contribution in [0.3, 0.4) is 0 Å². The lowest BCUT2D eigenvalue weighted by Crippen LogP contribution is -2.25. The van der Waals surface area contributed by atoms with Crippen LogP contribution in [0.1, 0.15) is 0 Å².